The Kier molecular flexibility index (Phi) is 7.79. The van der Waals surface area contributed by atoms with E-state index in [1.807, 2.05) is 42.0 Å². The average Bonchev–Trinajstić information content (AvgIpc) is 3.31. The third kappa shape index (κ3) is 5.59. The van der Waals surface area contributed by atoms with Gasteiger partial charge >= 0.3 is 6.03 Å². The SMILES string of the molecule is C=CCc1ccc(OCCn2cccc2C=C2C(=O)NC(=O)N(c3ccc(C)c(Cl)c3)C2=O)c(OC)c1. The number of benzene rings is 2. The van der Waals surface area contributed by atoms with Gasteiger partial charge in [-0.3, -0.25) is 14.9 Å². The molecule has 1 aromatic heterocycles. The highest BCUT2D eigenvalue weighted by Gasteiger charge is 2.37. The van der Waals surface area contributed by atoms with Crippen LogP contribution in [0, 0.1) is 6.92 Å². The fourth-order valence-electron chi connectivity index (χ4n) is 3.90. The number of nitrogens with one attached hydrogen (secondary N) is 1. The molecule has 0 unspecified atom stereocenters. The number of barbiturate groups is 1. The summed E-state index contributed by atoms with van der Waals surface area (Å²) in [6.45, 7) is 6.32. The van der Waals surface area contributed by atoms with Gasteiger partial charge in [-0.05, 0) is 66.9 Å². The van der Waals surface area contributed by atoms with Crippen LogP contribution in [0.3, 0.4) is 0 Å². The summed E-state index contributed by atoms with van der Waals surface area (Å²) in [5, 5.41) is 2.63. The second-order valence-electron chi connectivity index (χ2n) is 8.34. The number of imide groups is 2. The molecule has 1 saturated heterocycles. The summed E-state index contributed by atoms with van der Waals surface area (Å²) < 4.78 is 13.2. The summed E-state index contributed by atoms with van der Waals surface area (Å²) in [5.74, 6) is -0.269. The second kappa shape index (κ2) is 11.2. The molecule has 1 N–H and O–H groups in total. The molecule has 0 radical (unpaired) electrons. The fourth-order valence-corrected chi connectivity index (χ4v) is 4.08. The number of rotatable bonds is 9. The van der Waals surface area contributed by atoms with Gasteiger partial charge in [-0.1, -0.05) is 29.8 Å². The maximum atomic E-state index is 13.2. The molecule has 9 heteroatoms. The average molecular weight is 520 g/mol. The molecule has 1 fully saturated rings. The van der Waals surface area contributed by atoms with Crippen LogP contribution in [0.1, 0.15) is 16.8 Å². The smallest absolute Gasteiger partial charge is 0.335 e. The third-order valence-electron chi connectivity index (χ3n) is 5.87. The van der Waals surface area contributed by atoms with Crippen molar-refractivity contribution in [1.29, 1.82) is 0 Å². The number of aryl methyl sites for hydroxylation is 1. The Morgan fingerprint density at radius 2 is 1.89 bits per heavy atom. The summed E-state index contributed by atoms with van der Waals surface area (Å²) >= 11 is 6.18. The van der Waals surface area contributed by atoms with Gasteiger partial charge in [0.05, 0.1) is 19.3 Å². The van der Waals surface area contributed by atoms with Gasteiger partial charge in [-0.2, -0.15) is 0 Å². The summed E-state index contributed by atoms with van der Waals surface area (Å²) in [4.78, 5) is 39.1. The van der Waals surface area contributed by atoms with Crippen molar-refractivity contribution in [1.82, 2.24) is 9.88 Å². The van der Waals surface area contributed by atoms with Crippen molar-refractivity contribution in [3.63, 3.8) is 0 Å². The predicted molar refractivity (Wildman–Crippen MR) is 142 cm³/mol. The van der Waals surface area contributed by atoms with E-state index in [1.165, 1.54) is 12.1 Å². The predicted octanol–water partition coefficient (Wildman–Crippen LogP) is 4.93. The third-order valence-corrected chi connectivity index (χ3v) is 6.28. The minimum atomic E-state index is -0.830. The highest BCUT2D eigenvalue weighted by atomic mass is 35.5. The van der Waals surface area contributed by atoms with Crippen molar-refractivity contribution in [2.75, 3.05) is 18.6 Å². The minimum Gasteiger partial charge on any atom is -0.493 e. The quantitative estimate of drug-likeness (QED) is 0.246. The minimum absolute atomic E-state index is 0.170. The molecule has 3 aromatic rings. The molecule has 0 spiro atoms. The van der Waals surface area contributed by atoms with Crippen molar-refractivity contribution in [3.8, 4) is 11.5 Å². The lowest BCUT2D eigenvalue weighted by Gasteiger charge is -2.26. The van der Waals surface area contributed by atoms with Gasteiger partial charge in [0.25, 0.3) is 11.8 Å². The first-order valence-electron chi connectivity index (χ1n) is 11.6. The van der Waals surface area contributed by atoms with Gasteiger partial charge in [0.15, 0.2) is 11.5 Å². The molecule has 8 nitrogen and oxygen atoms in total. The molecule has 4 amide bonds. The number of hydrogen-bond acceptors (Lipinski definition) is 5. The number of methoxy groups -OCH3 is 1. The normalized spacial score (nSPS) is 14.6. The fraction of sp³-hybridized carbons (Fsp3) is 0.179. The largest absolute Gasteiger partial charge is 0.493 e. The number of ether oxygens (including phenoxy) is 2. The molecule has 0 aliphatic carbocycles. The summed E-state index contributed by atoms with van der Waals surface area (Å²) in [5.41, 5.74) is 2.57. The van der Waals surface area contributed by atoms with Gasteiger partial charge in [-0.25, -0.2) is 9.69 Å². The van der Waals surface area contributed by atoms with E-state index in [0.717, 1.165) is 22.4 Å². The molecule has 0 saturated carbocycles. The standard InChI is InChI=1S/C28H26ClN3O5/c1-4-6-19-9-11-24(25(15-19)36-3)37-14-13-31-12-5-7-20(31)16-22-26(33)30-28(35)32(27(22)34)21-10-8-18(2)23(29)17-21/h4-5,7-12,15-17H,1,6,13-14H2,2-3H3,(H,30,33,35). The lowest BCUT2D eigenvalue weighted by molar-refractivity contribution is -0.122. The second-order valence-corrected chi connectivity index (χ2v) is 8.75. The Morgan fingerprint density at radius 3 is 2.62 bits per heavy atom. The van der Waals surface area contributed by atoms with Crippen LogP contribution in [0.5, 0.6) is 11.5 Å². The van der Waals surface area contributed by atoms with Crippen LogP contribution in [0.15, 0.2) is 73.0 Å². The zero-order valence-electron chi connectivity index (χ0n) is 20.5. The number of hydrogen-bond donors (Lipinski definition) is 1. The first kappa shape index (κ1) is 25.8. The van der Waals surface area contributed by atoms with Gasteiger partial charge < -0.3 is 14.0 Å². The molecule has 1 aliphatic rings. The van der Waals surface area contributed by atoms with E-state index >= 15 is 0 Å². The van der Waals surface area contributed by atoms with E-state index in [9.17, 15) is 14.4 Å². The van der Waals surface area contributed by atoms with E-state index in [4.69, 9.17) is 21.1 Å². The van der Waals surface area contributed by atoms with Gasteiger partial charge in [0, 0.05) is 16.9 Å². The number of nitrogens with zero attached hydrogens (tertiary/aromatic N) is 2. The van der Waals surface area contributed by atoms with Crippen molar-refractivity contribution < 1.29 is 23.9 Å². The van der Waals surface area contributed by atoms with Crippen molar-refractivity contribution >= 4 is 41.2 Å². The zero-order valence-corrected chi connectivity index (χ0v) is 21.2. The van der Waals surface area contributed by atoms with Gasteiger partial charge in [0.2, 0.25) is 0 Å². The van der Waals surface area contributed by atoms with Crippen LogP contribution in [0.25, 0.3) is 6.08 Å². The Labute approximate surface area is 219 Å². The number of anilines is 1. The number of carbonyl (C=O) groups is 3. The lowest BCUT2D eigenvalue weighted by atomic mass is 10.1. The molecule has 2 heterocycles. The molecule has 37 heavy (non-hydrogen) atoms. The Hall–Kier alpha value is -4.30. The maximum absolute atomic E-state index is 13.2. The molecule has 1 aliphatic heterocycles. The van der Waals surface area contributed by atoms with Crippen LogP contribution >= 0.6 is 11.6 Å². The van der Waals surface area contributed by atoms with Crippen LogP contribution < -0.4 is 19.7 Å². The molecule has 4 rings (SSSR count). The number of carbonyl (C=O) groups excluding carboxylic acids is 3. The molecule has 2 aromatic carbocycles. The molecule has 0 atom stereocenters. The summed E-state index contributed by atoms with van der Waals surface area (Å²) in [6.07, 6.45) is 5.82. The van der Waals surface area contributed by atoms with E-state index < -0.39 is 17.8 Å². The molecular formula is C28H26ClN3O5. The number of halogens is 1. The monoisotopic (exact) mass is 519 g/mol. The number of urea groups is 1. The highest BCUT2D eigenvalue weighted by Crippen LogP contribution is 2.29. The zero-order chi connectivity index (χ0) is 26.5. The van der Waals surface area contributed by atoms with Crippen LogP contribution in [0.4, 0.5) is 10.5 Å². The molecular weight excluding hydrogens is 494 g/mol. The maximum Gasteiger partial charge on any atom is 0.335 e. The highest BCUT2D eigenvalue weighted by molar-refractivity contribution is 6.39. The van der Waals surface area contributed by atoms with Crippen LogP contribution in [0.2, 0.25) is 5.02 Å². The number of aromatic nitrogens is 1. The van der Waals surface area contributed by atoms with Crippen LogP contribution in [-0.4, -0.2) is 36.1 Å². The van der Waals surface area contributed by atoms with Gasteiger partial charge in [0.1, 0.15) is 12.2 Å². The number of allylic oxidation sites excluding steroid dienone is 1. The number of amides is 4. The molecule has 0 bridgehead atoms. The van der Waals surface area contributed by atoms with Crippen molar-refractivity contribution in [2.24, 2.45) is 0 Å². The summed E-state index contributed by atoms with van der Waals surface area (Å²) in [7, 11) is 1.58. The lowest BCUT2D eigenvalue weighted by Crippen LogP contribution is -2.54. The van der Waals surface area contributed by atoms with E-state index in [1.54, 1.807) is 31.4 Å². The van der Waals surface area contributed by atoms with Gasteiger partial charge in [-0.15, -0.1) is 6.58 Å². The van der Waals surface area contributed by atoms with Crippen molar-refractivity contribution in [3.05, 3.63) is 94.8 Å². The first-order valence-corrected chi connectivity index (χ1v) is 11.9. The first-order chi connectivity index (χ1) is 17.8. The Morgan fingerprint density at radius 1 is 1.08 bits per heavy atom. The Bertz CT molecular complexity index is 1410. The van der Waals surface area contributed by atoms with Crippen LogP contribution in [-0.2, 0) is 22.6 Å². The summed E-state index contributed by atoms with van der Waals surface area (Å²) in [6, 6.07) is 13.3. The van der Waals surface area contributed by atoms with E-state index in [0.29, 0.717) is 35.4 Å². The topological polar surface area (TPSA) is 89.9 Å². The molecule has 190 valence electrons. The van der Waals surface area contributed by atoms with Crippen molar-refractivity contribution in [2.45, 2.75) is 19.9 Å². The van der Waals surface area contributed by atoms with E-state index in [-0.39, 0.29) is 11.3 Å². The van der Waals surface area contributed by atoms with E-state index in [2.05, 4.69) is 11.9 Å². The Balaban J connectivity index is 1.51.